The molecule has 1 aromatic heterocycles. The second-order valence-corrected chi connectivity index (χ2v) is 6.41. The molecule has 94 valence electrons. The SMILES string of the molecule is CCc1nc(Br)cc(NC2CCC(C)(C)C2)n1. The lowest BCUT2D eigenvalue weighted by molar-refractivity contribution is 0.378. The first-order valence-electron chi connectivity index (χ1n) is 6.28. The Kier molecular flexibility index (Phi) is 3.71. The zero-order valence-electron chi connectivity index (χ0n) is 10.8. The van der Waals surface area contributed by atoms with E-state index in [1.807, 2.05) is 6.07 Å². The van der Waals surface area contributed by atoms with E-state index in [4.69, 9.17) is 0 Å². The van der Waals surface area contributed by atoms with Crippen LogP contribution < -0.4 is 5.32 Å². The molecular weight excluding hydrogens is 278 g/mol. The van der Waals surface area contributed by atoms with Crippen LogP contribution in [0, 0.1) is 5.41 Å². The summed E-state index contributed by atoms with van der Waals surface area (Å²) < 4.78 is 0.865. The Morgan fingerprint density at radius 1 is 1.47 bits per heavy atom. The van der Waals surface area contributed by atoms with Crippen molar-refractivity contribution in [3.05, 3.63) is 16.5 Å². The van der Waals surface area contributed by atoms with Gasteiger partial charge >= 0.3 is 0 Å². The van der Waals surface area contributed by atoms with E-state index in [1.54, 1.807) is 0 Å². The van der Waals surface area contributed by atoms with Crippen LogP contribution in [0.2, 0.25) is 0 Å². The van der Waals surface area contributed by atoms with E-state index in [1.165, 1.54) is 19.3 Å². The molecule has 1 heterocycles. The molecule has 1 unspecified atom stereocenters. The van der Waals surface area contributed by atoms with Crippen LogP contribution in [0.5, 0.6) is 0 Å². The lowest BCUT2D eigenvalue weighted by Crippen LogP contribution is -2.18. The monoisotopic (exact) mass is 297 g/mol. The molecule has 1 aliphatic carbocycles. The first-order valence-corrected chi connectivity index (χ1v) is 7.08. The summed E-state index contributed by atoms with van der Waals surface area (Å²) in [5.74, 6) is 1.84. The van der Waals surface area contributed by atoms with Crippen molar-refractivity contribution in [2.24, 2.45) is 5.41 Å². The molecule has 4 heteroatoms. The lowest BCUT2D eigenvalue weighted by atomic mass is 9.92. The van der Waals surface area contributed by atoms with Crippen LogP contribution in [-0.4, -0.2) is 16.0 Å². The predicted molar refractivity (Wildman–Crippen MR) is 74.2 cm³/mol. The van der Waals surface area contributed by atoms with Crippen LogP contribution in [0.1, 0.15) is 45.9 Å². The molecule has 0 amide bonds. The number of nitrogens with one attached hydrogen (secondary N) is 1. The van der Waals surface area contributed by atoms with Gasteiger partial charge in [0.2, 0.25) is 0 Å². The molecule has 0 saturated heterocycles. The summed E-state index contributed by atoms with van der Waals surface area (Å²) >= 11 is 3.43. The minimum atomic E-state index is 0.468. The van der Waals surface area contributed by atoms with E-state index in [2.05, 4.69) is 52.0 Å². The van der Waals surface area contributed by atoms with Crippen LogP contribution in [0.4, 0.5) is 5.82 Å². The minimum Gasteiger partial charge on any atom is -0.367 e. The summed E-state index contributed by atoms with van der Waals surface area (Å²) in [6.45, 7) is 6.74. The zero-order valence-corrected chi connectivity index (χ0v) is 12.3. The predicted octanol–water partition coefficient (Wildman–Crippen LogP) is 3.79. The van der Waals surface area contributed by atoms with E-state index in [9.17, 15) is 0 Å². The van der Waals surface area contributed by atoms with Gasteiger partial charge in [-0.05, 0) is 40.6 Å². The fourth-order valence-electron chi connectivity index (χ4n) is 2.47. The summed E-state index contributed by atoms with van der Waals surface area (Å²) in [6, 6.07) is 2.52. The van der Waals surface area contributed by atoms with Gasteiger partial charge in [0.25, 0.3) is 0 Å². The van der Waals surface area contributed by atoms with Crippen LogP contribution in [-0.2, 0) is 6.42 Å². The fraction of sp³-hybridized carbons (Fsp3) is 0.692. The van der Waals surface area contributed by atoms with Gasteiger partial charge in [-0.25, -0.2) is 9.97 Å². The zero-order chi connectivity index (χ0) is 12.5. The molecule has 1 saturated carbocycles. The summed E-state index contributed by atoms with van der Waals surface area (Å²) in [5.41, 5.74) is 0.468. The Morgan fingerprint density at radius 3 is 2.82 bits per heavy atom. The van der Waals surface area contributed by atoms with Crippen LogP contribution in [0.25, 0.3) is 0 Å². The Bertz CT molecular complexity index is 404. The first kappa shape index (κ1) is 12.8. The van der Waals surface area contributed by atoms with Crippen molar-refractivity contribution < 1.29 is 0 Å². The topological polar surface area (TPSA) is 37.8 Å². The summed E-state index contributed by atoms with van der Waals surface area (Å²) in [5, 5.41) is 3.53. The van der Waals surface area contributed by atoms with Crippen molar-refractivity contribution in [2.45, 2.75) is 52.5 Å². The second kappa shape index (κ2) is 4.92. The van der Waals surface area contributed by atoms with Gasteiger partial charge in [0.1, 0.15) is 16.2 Å². The first-order chi connectivity index (χ1) is 7.98. The highest BCUT2D eigenvalue weighted by molar-refractivity contribution is 9.10. The van der Waals surface area contributed by atoms with Gasteiger partial charge in [-0.2, -0.15) is 0 Å². The average molecular weight is 298 g/mol. The van der Waals surface area contributed by atoms with Gasteiger partial charge in [0.05, 0.1) is 0 Å². The van der Waals surface area contributed by atoms with E-state index in [0.717, 1.165) is 22.7 Å². The number of aryl methyl sites for hydroxylation is 1. The standard InChI is InChI=1S/C13H20BrN3/c1-4-11-16-10(14)7-12(17-11)15-9-5-6-13(2,3)8-9/h7,9H,4-6,8H2,1-3H3,(H,15,16,17). The smallest absolute Gasteiger partial charge is 0.131 e. The fourth-order valence-corrected chi connectivity index (χ4v) is 2.89. The Labute approximate surface area is 112 Å². The number of anilines is 1. The minimum absolute atomic E-state index is 0.468. The van der Waals surface area contributed by atoms with Crippen molar-refractivity contribution in [2.75, 3.05) is 5.32 Å². The van der Waals surface area contributed by atoms with Gasteiger partial charge in [0, 0.05) is 18.5 Å². The van der Waals surface area contributed by atoms with Gasteiger partial charge < -0.3 is 5.32 Å². The third kappa shape index (κ3) is 3.41. The van der Waals surface area contributed by atoms with Crippen molar-refractivity contribution in [1.82, 2.24) is 9.97 Å². The third-order valence-corrected chi connectivity index (χ3v) is 3.78. The highest BCUT2D eigenvalue weighted by Gasteiger charge is 2.30. The maximum Gasteiger partial charge on any atom is 0.131 e. The highest BCUT2D eigenvalue weighted by Crippen LogP contribution is 2.38. The summed E-state index contributed by atoms with van der Waals surface area (Å²) in [4.78, 5) is 8.83. The van der Waals surface area contributed by atoms with Crippen molar-refractivity contribution in [3.8, 4) is 0 Å². The Hall–Kier alpha value is -0.640. The van der Waals surface area contributed by atoms with E-state index in [-0.39, 0.29) is 0 Å². The van der Waals surface area contributed by atoms with Crippen LogP contribution in [0.15, 0.2) is 10.7 Å². The maximum atomic E-state index is 4.51. The van der Waals surface area contributed by atoms with E-state index in [0.29, 0.717) is 11.5 Å². The summed E-state index contributed by atoms with van der Waals surface area (Å²) in [6.07, 6.45) is 4.61. The molecule has 0 aliphatic heterocycles. The average Bonchev–Trinajstić information content (AvgIpc) is 2.57. The quantitative estimate of drug-likeness (QED) is 0.863. The largest absolute Gasteiger partial charge is 0.367 e. The highest BCUT2D eigenvalue weighted by atomic mass is 79.9. The normalized spacial score (nSPS) is 22.7. The van der Waals surface area contributed by atoms with Gasteiger partial charge in [-0.1, -0.05) is 20.8 Å². The van der Waals surface area contributed by atoms with Crippen molar-refractivity contribution in [3.63, 3.8) is 0 Å². The molecule has 0 spiro atoms. The molecule has 1 N–H and O–H groups in total. The molecule has 2 rings (SSSR count). The molecular formula is C13H20BrN3. The van der Waals surface area contributed by atoms with E-state index < -0.39 is 0 Å². The molecule has 0 bridgehead atoms. The Morgan fingerprint density at radius 2 is 2.24 bits per heavy atom. The maximum absolute atomic E-state index is 4.51. The van der Waals surface area contributed by atoms with Crippen molar-refractivity contribution >= 4 is 21.7 Å². The summed E-state index contributed by atoms with van der Waals surface area (Å²) in [7, 11) is 0. The Balaban J connectivity index is 2.06. The van der Waals surface area contributed by atoms with Crippen LogP contribution >= 0.6 is 15.9 Å². The molecule has 0 aromatic carbocycles. The molecule has 1 atom stereocenters. The van der Waals surface area contributed by atoms with Gasteiger partial charge in [0.15, 0.2) is 0 Å². The van der Waals surface area contributed by atoms with Gasteiger partial charge in [-0.3, -0.25) is 0 Å². The molecule has 1 fully saturated rings. The van der Waals surface area contributed by atoms with Crippen LogP contribution in [0.3, 0.4) is 0 Å². The second-order valence-electron chi connectivity index (χ2n) is 5.59. The molecule has 1 aromatic rings. The van der Waals surface area contributed by atoms with Gasteiger partial charge in [-0.15, -0.1) is 0 Å². The van der Waals surface area contributed by atoms with E-state index >= 15 is 0 Å². The lowest BCUT2D eigenvalue weighted by Gasteiger charge is -2.18. The number of halogens is 1. The third-order valence-electron chi connectivity index (χ3n) is 3.38. The molecule has 3 nitrogen and oxygen atoms in total. The molecule has 17 heavy (non-hydrogen) atoms. The number of rotatable bonds is 3. The number of aromatic nitrogens is 2. The molecule has 1 aliphatic rings. The van der Waals surface area contributed by atoms with Crippen molar-refractivity contribution in [1.29, 1.82) is 0 Å². The number of hydrogen-bond acceptors (Lipinski definition) is 3. The number of hydrogen-bond donors (Lipinski definition) is 1. The number of nitrogens with zero attached hydrogens (tertiary/aromatic N) is 2. The molecule has 0 radical (unpaired) electrons.